The molecule has 0 unspecified atom stereocenters. The predicted molar refractivity (Wildman–Crippen MR) is 64.1 cm³/mol. The summed E-state index contributed by atoms with van der Waals surface area (Å²) in [6.45, 7) is 0. The molecule has 102 valence electrons. The highest BCUT2D eigenvalue weighted by Crippen LogP contribution is 2.41. The summed E-state index contributed by atoms with van der Waals surface area (Å²) in [7, 11) is 0. The van der Waals surface area contributed by atoms with Gasteiger partial charge in [0.25, 0.3) is 0 Å². The van der Waals surface area contributed by atoms with Crippen LogP contribution in [0.1, 0.15) is 0 Å². The SMILES string of the molecule is FC(F)C(F)(F)Oc1sc(Cl)nc1-c1ccccc1. The standard InChI is InChI=1S/C11H6ClF4NOS/c12-10-17-7(6-4-2-1-3-5-6)8(19-10)18-11(15,16)9(13)14/h1-5,9H. The minimum atomic E-state index is -4.58. The van der Waals surface area contributed by atoms with Gasteiger partial charge >= 0.3 is 12.5 Å². The smallest absolute Gasteiger partial charge is 0.416 e. The van der Waals surface area contributed by atoms with E-state index < -0.39 is 17.6 Å². The van der Waals surface area contributed by atoms with E-state index in [1.807, 2.05) is 0 Å². The van der Waals surface area contributed by atoms with Gasteiger partial charge in [0.2, 0.25) is 5.06 Å². The van der Waals surface area contributed by atoms with Crippen molar-refractivity contribution in [1.29, 1.82) is 0 Å². The Labute approximate surface area is 114 Å². The summed E-state index contributed by atoms with van der Waals surface area (Å²) in [5, 5.41) is -0.443. The van der Waals surface area contributed by atoms with Gasteiger partial charge in [0.05, 0.1) is 0 Å². The second-order valence-electron chi connectivity index (χ2n) is 3.43. The van der Waals surface area contributed by atoms with Crippen LogP contribution in [0.3, 0.4) is 0 Å². The number of halogens is 5. The third-order valence-corrected chi connectivity index (χ3v) is 3.14. The Morgan fingerprint density at radius 2 is 1.84 bits per heavy atom. The number of ether oxygens (including phenoxy) is 1. The van der Waals surface area contributed by atoms with E-state index in [9.17, 15) is 17.6 Å². The van der Waals surface area contributed by atoms with E-state index in [1.165, 1.54) is 0 Å². The lowest BCUT2D eigenvalue weighted by atomic mass is 10.2. The highest BCUT2D eigenvalue weighted by atomic mass is 35.5. The van der Waals surface area contributed by atoms with Gasteiger partial charge in [-0.15, -0.1) is 0 Å². The van der Waals surface area contributed by atoms with Gasteiger partial charge in [-0.1, -0.05) is 53.3 Å². The zero-order valence-corrected chi connectivity index (χ0v) is 10.7. The molecule has 1 aromatic heterocycles. The van der Waals surface area contributed by atoms with Crippen molar-refractivity contribution in [2.45, 2.75) is 12.5 Å². The van der Waals surface area contributed by atoms with Crippen LogP contribution < -0.4 is 4.74 Å². The van der Waals surface area contributed by atoms with Crippen LogP contribution in [0.5, 0.6) is 5.06 Å². The molecule has 1 aromatic carbocycles. The second kappa shape index (κ2) is 5.34. The molecular formula is C11H6ClF4NOS. The van der Waals surface area contributed by atoms with Gasteiger partial charge < -0.3 is 4.74 Å². The number of benzene rings is 1. The van der Waals surface area contributed by atoms with Gasteiger partial charge in [-0.2, -0.15) is 17.6 Å². The Balaban J connectivity index is 2.37. The van der Waals surface area contributed by atoms with Crippen molar-refractivity contribution in [2.75, 3.05) is 0 Å². The molecule has 2 nitrogen and oxygen atoms in total. The van der Waals surface area contributed by atoms with Crippen LogP contribution in [0.4, 0.5) is 17.6 Å². The lowest BCUT2D eigenvalue weighted by molar-refractivity contribution is -0.251. The molecule has 0 aliphatic rings. The number of hydrogen-bond acceptors (Lipinski definition) is 3. The second-order valence-corrected chi connectivity index (χ2v) is 4.98. The van der Waals surface area contributed by atoms with Gasteiger partial charge in [0, 0.05) is 5.56 Å². The van der Waals surface area contributed by atoms with Gasteiger partial charge in [-0.05, 0) is 0 Å². The highest BCUT2D eigenvalue weighted by molar-refractivity contribution is 7.17. The van der Waals surface area contributed by atoms with Crippen molar-refractivity contribution < 1.29 is 22.3 Å². The maximum Gasteiger partial charge on any atom is 0.461 e. The molecule has 0 N–H and O–H groups in total. The third kappa shape index (κ3) is 3.16. The molecule has 0 saturated heterocycles. The molecule has 0 fully saturated rings. The number of alkyl halides is 4. The third-order valence-electron chi connectivity index (χ3n) is 2.10. The van der Waals surface area contributed by atoms with Crippen LogP contribution >= 0.6 is 22.9 Å². The zero-order valence-electron chi connectivity index (χ0n) is 9.12. The van der Waals surface area contributed by atoms with Gasteiger partial charge in [-0.3, -0.25) is 0 Å². The van der Waals surface area contributed by atoms with Crippen molar-refractivity contribution in [2.24, 2.45) is 0 Å². The van der Waals surface area contributed by atoms with E-state index in [-0.39, 0.29) is 10.2 Å². The lowest BCUT2D eigenvalue weighted by Gasteiger charge is -2.15. The molecule has 8 heteroatoms. The summed E-state index contributed by atoms with van der Waals surface area (Å²) >= 11 is 6.19. The number of rotatable bonds is 4. The average Bonchev–Trinajstić information content (AvgIpc) is 2.70. The molecule has 2 rings (SSSR count). The molecule has 0 saturated carbocycles. The van der Waals surface area contributed by atoms with E-state index in [4.69, 9.17) is 11.6 Å². The first-order chi connectivity index (χ1) is 8.90. The molecule has 0 aliphatic heterocycles. The van der Waals surface area contributed by atoms with E-state index in [0.717, 1.165) is 0 Å². The number of hydrogen-bond donors (Lipinski definition) is 0. The van der Waals surface area contributed by atoms with Gasteiger partial charge in [-0.25, -0.2) is 4.98 Å². The minimum absolute atomic E-state index is 0.0101. The van der Waals surface area contributed by atoms with Gasteiger partial charge in [0.15, 0.2) is 4.47 Å². The van der Waals surface area contributed by atoms with Crippen LogP contribution in [-0.4, -0.2) is 17.5 Å². The fourth-order valence-corrected chi connectivity index (χ4v) is 2.29. The Bertz CT molecular complexity index is 561. The van der Waals surface area contributed by atoms with Crippen LogP contribution in [-0.2, 0) is 0 Å². The Morgan fingerprint density at radius 1 is 1.21 bits per heavy atom. The fourth-order valence-electron chi connectivity index (χ4n) is 1.30. The average molecular weight is 312 g/mol. The summed E-state index contributed by atoms with van der Waals surface area (Å²) in [6.07, 6.45) is -8.52. The molecule has 19 heavy (non-hydrogen) atoms. The van der Waals surface area contributed by atoms with E-state index in [0.29, 0.717) is 16.9 Å². The zero-order chi connectivity index (χ0) is 14.0. The Morgan fingerprint density at radius 3 is 2.42 bits per heavy atom. The Kier molecular flexibility index (Phi) is 3.96. The predicted octanol–water partition coefficient (Wildman–Crippen LogP) is 4.70. The number of aromatic nitrogens is 1. The van der Waals surface area contributed by atoms with Crippen molar-refractivity contribution in [3.63, 3.8) is 0 Å². The topological polar surface area (TPSA) is 22.1 Å². The van der Waals surface area contributed by atoms with E-state index in [1.54, 1.807) is 30.3 Å². The lowest BCUT2D eigenvalue weighted by Crippen LogP contribution is -2.33. The van der Waals surface area contributed by atoms with Crippen molar-refractivity contribution >= 4 is 22.9 Å². The van der Waals surface area contributed by atoms with Crippen LogP contribution in [0, 0.1) is 0 Å². The maximum atomic E-state index is 12.9. The number of nitrogens with zero attached hydrogens (tertiary/aromatic N) is 1. The first kappa shape index (κ1) is 14.1. The van der Waals surface area contributed by atoms with Crippen LogP contribution in [0.25, 0.3) is 11.3 Å². The van der Waals surface area contributed by atoms with E-state index >= 15 is 0 Å². The van der Waals surface area contributed by atoms with Crippen molar-refractivity contribution in [3.8, 4) is 16.3 Å². The molecule has 0 spiro atoms. The van der Waals surface area contributed by atoms with Crippen molar-refractivity contribution in [3.05, 3.63) is 34.8 Å². The summed E-state index contributed by atoms with van der Waals surface area (Å²) in [4.78, 5) is 3.81. The Hall–Kier alpha value is -1.34. The quantitative estimate of drug-likeness (QED) is 0.764. The normalized spacial score (nSPS) is 11.9. The monoisotopic (exact) mass is 311 g/mol. The molecule has 0 aliphatic carbocycles. The largest absolute Gasteiger partial charge is 0.461 e. The summed E-state index contributed by atoms with van der Waals surface area (Å²) in [5.74, 6) is 0. The fraction of sp³-hybridized carbons (Fsp3) is 0.182. The first-order valence-corrected chi connectivity index (χ1v) is 6.16. The van der Waals surface area contributed by atoms with E-state index in [2.05, 4.69) is 9.72 Å². The highest BCUT2D eigenvalue weighted by Gasteiger charge is 2.45. The first-order valence-electron chi connectivity index (χ1n) is 4.97. The molecule has 0 radical (unpaired) electrons. The van der Waals surface area contributed by atoms with Gasteiger partial charge in [0.1, 0.15) is 5.69 Å². The molecular weight excluding hydrogens is 306 g/mol. The summed E-state index contributed by atoms with van der Waals surface area (Å²) in [5.41, 5.74) is 0.460. The molecule has 2 aromatic rings. The molecule has 0 bridgehead atoms. The summed E-state index contributed by atoms with van der Waals surface area (Å²) < 4.78 is 54.0. The van der Waals surface area contributed by atoms with Crippen LogP contribution in [0.2, 0.25) is 4.47 Å². The maximum absolute atomic E-state index is 12.9. The summed E-state index contributed by atoms with van der Waals surface area (Å²) in [6, 6.07) is 8.18. The van der Waals surface area contributed by atoms with Crippen molar-refractivity contribution in [1.82, 2.24) is 4.98 Å². The van der Waals surface area contributed by atoms with Crippen LogP contribution in [0.15, 0.2) is 30.3 Å². The molecule has 0 amide bonds. The molecule has 1 heterocycles. The minimum Gasteiger partial charge on any atom is -0.416 e. The number of thiazole rings is 1. The molecule has 0 atom stereocenters.